The van der Waals surface area contributed by atoms with Crippen molar-refractivity contribution in [2.45, 2.75) is 26.6 Å². The predicted molar refractivity (Wildman–Crippen MR) is 131 cm³/mol. The van der Waals surface area contributed by atoms with Gasteiger partial charge in [-0.05, 0) is 54.0 Å². The summed E-state index contributed by atoms with van der Waals surface area (Å²) in [6.07, 6.45) is 0. The third-order valence-corrected chi connectivity index (χ3v) is 7.07. The second-order valence-corrected chi connectivity index (χ2v) is 10.5. The van der Waals surface area contributed by atoms with Crippen LogP contribution in [0.5, 0.6) is 11.5 Å². The highest BCUT2D eigenvalue weighted by Gasteiger charge is 2.47. The Bertz CT molecular complexity index is 979. The first kappa shape index (κ1) is 22.9. The Hall–Kier alpha value is -2.82. The van der Waals surface area contributed by atoms with Crippen LogP contribution >= 0.6 is 19.8 Å². The van der Waals surface area contributed by atoms with Gasteiger partial charge in [0.05, 0.1) is 0 Å². The lowest BCUT2D eigenvalue weighted by Crippen LogP contribution is -2.47. The molecule has 0 bridgehead atoms. The summed E-state index contributed by atoms with van der Waals surface area (Å²) in [5.41, 5.74) is 0.317. The van der Waals surface area contributed by atoms with Gasteiger partial charge in [-0.1, -0.05) is 75.4 Å². The lowest BCUT2D eigenvalue weighted by molar-refractivity contribution is 0.295. The van der Waals surface area contributed by atoms with Crippen LogP contribution in [-0.4, -0.2) is 10.9 Å². The van der Waals surface area contributed by atoms with Gasteiger partial charge >= 0.3 is 7.60 Å². The summed E-state index contributed by atoms with van der Waals surface area (Å²) in [6.45, 7) is 5.89. The third kappa shape index (κ3) is 6.58. The molecule has 2 N–H and O–H groups in total. The quantitative estimate of drug-likeness (QED) is 0.306. The SMILES string of the molecule is CC(C)(C)C(NC(=S)Nc1ccccc1)P(=O)(Oc1ccccc1)Oc1ccccc1. The zero-order chi connectivity index (χ0) is 22.3. The number of para-hydroxylation sites is 3. The molecule has 31 heavy (non-hydrogen) atoms. The van der Waals surface area contributed by atoms with Crippen LogP contribution in [0.2, 0.25) is 0 Å². The van der Waals surface area contributed by atoms with Gasteiger partial charge in [-0.2, -0.15) is 0 Å². The van der Waals surface area contributed by atoms with Gasteiger partial charge in [-0.3, -0.25) is 0 Å². The van der Waals surface area contributed by atoms with Crippen LogP contribution in [0.1, 0.15) is 20.8 Å². The zero-order valence-corrected chi connectivity index (χ0v) is 19.5. The Balaban J connectivity index is 1.92. The third-order valence-electron chi connectivity index (χ3n) is 4.39. The smallest absolute Gasteiger partial charge is 0.415 e. The van der Waals surface area contributed by atoms with E-state index in [2.05, 4.69) is 10.6 Å². The fourth-order valence-corrected chi connectivity index (χ4v) is 5.60. The van der Waals surface area contributed by atoms with Gasteiger partial charge in [-0.15, -0.1) is 0 Å². The summed E-state index contributed by atoms with van der Waals surface area (Å²) >= 11 is 5.52. The highest BCUT2D eigenvalue weighted by atomic mass is 32.1. The summed E-state index contributed by atoms with van der Waals surface area (Å²) in [4.78, 5) is 0. The maximum absolute atomic E-state index is 14.3. The normalized spacial score (nSPS) is 12.5. The fourth-order valence-electron chi connectivity index (χ4n) is 2.96. The number of rotatable bonds is 7. The van der Waals surface area contributed by atoms with Crippen molar-refractivity contribution in [3.05, 3.63) is 91.0 Å². The minimum Gasteiger partial charge on any atom is -0.415 e. The van der Waals surface area contributed by atoms with Gasteiger partial charge in [0.25, 0.3) is 0 Å². The molecule has 0 aromatic heterocycles. The Kier molecular flexibility index (Phi) is 7.37. The second kappa shape index (κ2) is 9.99. The molecule has 0 spiro atoms. The number of thiocarbonyl (C=S) groups is 1. The molecule has 3 aromatic rings. The molecule has 0 aliphatic carbocycles. The standard InChI is InChI=1S/C24H27N2O3PS/c1-24(2,3)22(26-23(31)25-19-13-7-4-8-14-19)30(27,28-20-15-9-5-10-16-20)29-21-17-11-6-12-18-21/h4-18,22H,1-3H3,(H2,25,26,31). The maximum atomic E-state index is 14.3. The van der Waals surface area contributed by atoms with Gasteiger partial charge in [-0.25, -0.2) is 4.57 Å². The Morgan fingerprint density at radius 3 is 1.65 bits per heavy atom. The molecule has 3 rings (SSSR count). The van der Waals surface area contributed by atoms with Crippen molar-refractivity contribution in [3.63, 3.8) is 0 Å². The maximum Gasteiger partial charge on any atom is 0.453 e. The lowest BCUT2D eigenvalue weighted by Gasteiger charge is -2.36. The molecule has 0 aliphatic heterocycles. The fraction of sp³-hybridized carbons (Fsp3) is 0.208. The van der Waals surface area contributed by atoms with E-state index in [1.54, 1.807) is 24.3 Å². The molecule has 0 aliphatic rings. The first-order valence-electron chi connectivity index (χ1n) is 9.98. The van der Waals surface area contributed by atoms with Crippen molar-refractivity contribution in [1.82, 2.24) is 5.32 Å². The van der Waals surface area contributed by atoms with E-state index in [1.807, 2.05) is 87.5 Å². The highest BCUT2D eigenvalue weighted by Crippen LogP contribution is 2.56. The molecule has 1 atom stereocenters. The molecule has 1 unspecified atom stereocenters. The Morgan fingerprint density at radius 1 is 0.806 bits per heavy atom. The Labute approximate surface area is 189 Å². The van der Waals surface area contributed by atoms with E-state index in [-0.39, 0.29) is 0 Å². The average Bonchev–Trinajstić information content (AvgIpc) is 2.73. The van der Waals surface area contributed by atoms with Crippen molar-refractivity contribution in [1.29, 1.82) is 0 Å². The van der Waals surface area contributed by atoms with Crippen LogP contribution in [-0.2, 0) is 4.57 Å². The van der Waals surface area contributed by atoms with Crippen LogP contribution in [0.3, 0.4) is 0 Å². The number of hydrogen-bond acceptors (Lipinski definition) is 4. The van der Waals surface area contributed by atoms with Crippen LogP contribution < -0.4 is 19.7 Å². The highest BCUT2D eigenvalue weighted by molar-refractivity contribution is 7.80. The summed E-state index contributed by atoms with van der Waals surface area (Å²) in [5, 5.41) is 6.66. The minimum atomic E-state index is -3.79. The first-order chi connectivity index (χ1) is 14.8. The number of benzene rings is 3. The van der Waals surface area contributed by atoms with Gasteiger partial charge in [0.2, 0.25) is 0 Å². The van der Waals surface area contributed by atoms with E-state index in [9.17, 15) is 4.57 Å². The van der Waals surface area contributed by atoms with E-state index < -0.39 is 18.8 Å². The molecule has 7 heteroatoms. The molecule has 0 radical (unpaired) electrons. The van der Waals surface area contributed by atoms with E-state index in [4.69, 9.17) is 21.3 Å². The number of anilines is 1. The van der Waals surface area contributed by atoms with Crippen molar-refractivity contribution in [2.24, 2.45) is 5.41 Å². The van der Waals surface area contributed by atoms with Crippen molar-refractivity contribution >= 4 is 30.6 Å². The summed E-state index contributed by atoms with van der Waals surface area (Å²) in [7, 11) is -3.79. The molecule has 0 saturated heterocycles. The van der Waals surface area contributed by atoms with Gasteiger partial charge in [0.1, 0.15) is 11.5 Å². The van der Waals surface area contributed by atoms with Crippen molar-refractivity contribution in [3.8, 4) is 11.5 Å². The van der Waals surface area contributed by atoms with Gasteiger partial charge in [0, 0.05) is 5.69 Å². The van der Waals surface area contributed by atoms with E-state index in [0.717, 1.165) is 5.69 Å². The monoisotopic (exact) mass is 454 g/mol. The predicted octanol–water partition coefficient (Wildman–Crippen LogP) is 6.70. The molecule has 0 saturated carbocycles. The second-order valence-electron chi connectivity index (χ2n) is 8.08. The van der Waals surface area contributed by atoms with Crippen LogP contribution in [0, 0.1) is 5.41 Å². The molecule has 162 valence electrons. The van der Waals surface area contributed by atoms with Crippen LogP contribution in [0.25, 0.3) is 0 Å². The topological polar surface area (TPSA) is 59.6 Å². The number of nitrogens with one attached hydrogen (secondary N) is 2. The summed E-state index contributed by atoms with van der Waals surface area (Å²) in [5.74, 6) is 0.184. The van der Waals surface area contributed by atoms with Gasteiger partial charge < -0.3 is 19.7 Å². The molecule has 0 heterocycles. The van der Waals surface area contributed by atoms with Crippen LogP contribution in [0.15, 0.2) is 91.0 Å². The molecule has 3 aromatic carbocycles. The average molecular weight is 455 g/mol. The molecule has 0 fully saturated rings. The molecular weight excluding hydrogens is 427 g/mol. The van der Waals surface area contributed by atoms with E-state index in [1.165, 1.54) is 0 Å². The zero-order valence-electron chi connectivity index (χ0n) is 17.8. The lowest BCUT2D eigenvalue weighted by atomic mass is 9.96. The minimum absolute atomic E-state index is 0.333. The van der Waals surface area contributed by atoms with Crippen LogP contribution in [0.4, 0.5) is 5.69 Å². The Morgan fingerprint density at radius 2 is 1.23 bits per heavy atom. The van der Waals surface area contributed by atoms with E-state index >= 15 is 0 Å². The largest absolute Gasteiger partial charge is 0.453 e. The van der Waals surface area contributed by atoms with Gasteiger partial charge in [0.15, 0.2) is 10.9 Å². The van der Waals surface area contributed by atoms with Crippen molar-refractivity contribution < 1.29 is 13.6 Å². The molecule has 0 amide bonds. The number of hydrogen-bond donors (Lipinski definition) is 2. The first-order valence-corrected chi connectivity index (χ1v) is 12.0. The molecule has 5 nitrogen and oxygen atoms in total. The summed E-state index contributed by atoms with van der Waals surface area (Å²) in [6, 6.07) is 27.6. The van der Waals surface area contributed by atoms with Crippen molar-refractivity contribution in [2.75, 3.05) is 5.32 Å². The molecular formula is C24H27N2O3PS. The van der Waals surface area contributed by atoms with E-state index in [0.29, 0.717) is 16.6 Å². The summed E-state index contributed by atoms with van der Waals surface area (Å²) < 4.78 is 26.4.